The van der Waals surface area contributed by atoms with E-state index in [2.05, 4.69) is 52.7 Å². The van der Waals surface area contributed by atoms with E-state index in [0.717, 1.165) is 49.5 Å². The Hall–Kier alpha value is -3.70. The Bertz CT molecular complexity index is 1760. The van der Waals surface area contributed by atoms with E-state index in [9.17, 15) is 8.42 Å². The molecule has 0 aliphatic carbocycles. The normalized spacial score (nSPS) is 17.9. The SMILES string of the molecule is Cc1cc(Nc2nc(Nc3ccccc3S(=O)(=O)C(C)C)c3c(C)[nH]nc3n2)c2c(c1C1CCN(C)CC1)C[C@@H](C)O2. The highest BCUT2D eigenvalue weighted by atomic mass is 32.2. The molecule has 0 amide bonds. The van der Waals surface area contributed by atoms with Gasteiger partial charge in [-0.1, -0.05) is 12.1 Å². The standard InChI is InChI=1S/C31H39N7O3S/c1-17(2)42(39,40)25-10-8-7-9-23(25)32-29-27-20(5)36-37-30(27)35-31(34-29)33-24-15-18(3)26(21-11-13-38(6)14-12-21)22-16-19(4)41-28(22)24/h7-10,15,17,19,21H,11-14,16H2,1-6H3,(H3,32,33,34,35,36,37)/t19-/m1/s1. The second kappa shape index (κ2) is 10.9. The number of anilines is 4. The van der Waals surface area contributed by atoms with Crippen molar-refractivity contribution in [3.8, 4) is 5.75 Å². The molecule has 11 heteroatoms. The lowest BCUT2D eigenvalue weighted by atomic mass is 9.82. The van der Waals surface area contributed by atoms with E-state index in [1.165, 1.54) is 16.7 Å². The third-order valence-electron chi connectivity index (χ3n) is 8.48. The van der Waals surface area contributed by atoms with E-state index >= 15 is 0 Å². The number of para-hydroxylation sites is 1. The number of hydrogen-bond acceptors (Lipinski definition) is 9. The topological polar surface area (TPSA) is 125 Å². The number of rotatable bonds is 7. The molecule has 2 aromatic heterocycles. The van der Waals surface area contributed by atoms with Crippen molar-refractivity contribution in [1.29, 1.82) is 0 Å². The summed E-state index contributed by atoms with van der Waals surface area (Å²) in [7, 11) is -1.35. The number of aryl methyl sites for hydroxylation is 2. The van der Waals surface area contributed by atoms with Crippen LogP contribution in [0.2, 0.25) is 0 Å². The number of nitrogens with one attached hydrogen (secondary N) is 3. The predicted octanol–water partition coefficient (Wildman–Crippen LogP) is 5.77. The number of piperidine rings is 1. The summed E-state index contributed by atoms with van der Waals surface area (Å²) in [5.74, 6) is 2.20. The molecule has 0 spiro atoms. The zero-order chi connectivity index (χ0) is 29.8. The summed E-state index contributed by atoms with van der Waals surface area (Å²) in [5.41, 5.74) is 6.48. The molecule has 1 saturated heterocycles. The van der Waals surface area contributed by atoms with Gasteiger partial charge in [0.25, 0.3) is 0 Å². The van der Waals surface area contributed by atoms with E-state index < -0.39 is 15.1 Å². The van der Waals surface area contributed by atoms with E-state index in [1.807, 2.05) is 6.92 Å². The van der Waals surface area contributed by atoms with E-state index in [-0.39, 0.29) is 11.0 Å². The van der Waals surface area contributed by atoms with Crippen LogP contribution in [0.4, 0.5) is 23.1 Å². The molecule has 6 rings (SSSR count). The Morgan fingerprint density at radius 2 is 1.81 bits per heavy atom. The van der Waals surface area contributed by atoms with Gasteiger partial charge in [-0.3, -0.25) is 5.10 Å². The van der Waals surface area contributed by atoms with Crippen LogP contribution in [0.25, 0.3) is 11.0 Å². The van der Waals surface area contributed by atoms with Gasteiger partial charge in [-0.05, 0) is 103 Å². The molecule has 4 aromatic rings. The Kier molecular flexibility index (Phi) is 7.34. The maximum absolute atomic E-state index is 13.1. The second-order valence-electron chi connectivity index (χ2n) is 12.0. The molecule has 222 valence electrons. The minimum Gasteiger partial charge on any atom is -0.488 e. The van der Waals surface area contributed by atoms with Gasteiger partial charge in [0.05, 0.1) is 26.9 Å². The minimum atomic E-state index is -3.53. The average Bonchev–Trinajstić information content (AvgIpc) is 3.52. The first-order valence-electron chi connectivity index (χ1n) is 14.6. The largest absolute Gasteiger partial charge is 0.488 e. The summed E-state index contributed by atoms with van der Waals surface area (Å²) in [4.78, 5) is 12.2. The van der Waals surface area contributed by atoms with Crippen molar-refractivity contribution in [2.24, 2.45) is 0 Å². The predicted molar refractivity (Wildman–Crippen MR) is 166 cm³/mol. The Balaban J connectivity index is 1.40. The maximum Gasteiger partial charge on any atom is 0.231 e. The molecule has 3 N–H and O–H groups in total. The number of ether oxygens (including phenoxy) is 1. The number of sulfone groups is 1. The van der Waals surface area contributed by atoms with Crippen LogP contribution < -0.4 is 15.4 Å². The molecule has 1 fully saturated rings. The minimum absolute atomic E-state index is 0.0846. The quantitative estimate of drug-likeness (QED) is 0.246. The fourth-order valence-electron chi connectivity index (χ4n) is 6.24. The highest BCUT2D eigenvalue weighted by Crippen LogP contribution is 2.46. The van der Waals surface area contributed by atoms with Gasteiger partial charge in [-0.2, -0.15) is 15.1 Å². The van der Waals surface area contributed by atoms with Crippen LogP contribution >= 0.6 is 0 Å². The molecule has 10 nitrogen and oxygen atoms in total. The Morgan fingerprint density at radius 3 is 2.55 bits per heavy atom. The summed E-state index contributed by atoms with van der Waals surface area (Å²) >= 11 is 0. The first kappa shape index (κ1) is 28.4. The number of likely N-dealkylation sites (tertiary alicyclic amines) is 1. The average molecular weight is 590 g/mol. The van der Waals surface area contributed by atoms with Crippen molar-refractivity contribution < 1.29 is 13.2 Å². The van der Waals surface area contributed by atoms with Crippen LogP contribution in [-0.4, -0.2) is 65.0 Å². The van der Waals surface area contributed by atoms with E-state index in [1.54, 1.807) is 38.1 Å². The first-order chi connectivity index (χ1) is 20.0. The van der Waals surface area contributed by atoms with E-state index in [0.29, 0.717) is 34.4 Å². The number of H-pyrrole nitrogens is 1. The van der Waals surface area contributed by atoms with Crippen LogP contribution in [0.3, 0.4) is 0 Å². The van der Waals surface area contributed by atoms with Crippen LogP contribution in [0.1, 0.15) is 61.9 Å². The van der Waals surface area contributed by atoms with Gasteiger partial charge in [-0.25, -0.2) is 8.42 Å². The van der Waals surface area contributed by atoms with Gasteiger partial charge in [0.15, 0.2) is 15.5 Å². The fourth-order valence-corrected chi connectivity index (χ4v) is 7.44. The third-order valence-corrected chi connectivity index (χ3v) is 10.7. The summed E-state index contributed by atoms with van der Waals surface area (Å²) in [6.45, 7) is 11.7. The smallest absolute Gasteiger partial charge is 0.231 e. The molecule has 0 saturated carbocycles. The number of aromatic amines is 1. The summed E-state index contributed by atoms with van der Waals surface area (Å²) in [6, 6.07) is 9.04. The van der Waals surface area contributed by atoms with Crippen molar-refractivity contribution >= 4 is 44.0 Å². The van der Waals surface area contributed by atoms with Gasteiger partial charge in [0.2, 0.25) is 5.95 Å². The molecule has 4 heterocycles. The molecule has 2 aliphatic heterocycles. The molecule has 0 bridgehead atoms. The zero-order valence-electron chi connectivity index (χ0n) is 25.1. The lowest BCUT2D eigenvalue weighted by molar-refractivity contribution is 0.254. The van der Waals surface area contributed by atoms with Crippen molar-refractivity contribution in [2.45, 2.75) is 76.0 Å². The van der Waals surface area contributed by atoms with E-state index in [4.69, 9.17) is 14.7 Å². The fraction of sp³-hybridized carbons (Fsp3) is 0.452. The van der Waals surface area contributed by atoms with Crippen LogP contribution in [0.5, 0.6) is 5.75 Å². The summed E-state index contributed by atoms with van der Waals surface area (Å²) < 4.78 is 32.7. The van der Waals surface area contributed by atoms with Gasteiger partial charge < -0.3 is 20.3 Å². The Labute approximate surface area is 247 Å². The second-order valence-corrected chi connectivity index (χ2v) is 14.4. The van der Waals surface area contributed by atoms with Gasteiger partial charge >= 0.3 is 0 Å². The highest BCUT2D eigenvalue weighted by Gasteiger charge is 2.32. The molecule has 0 unspecified atom stereocenters. The van der Waals surface area contributed by atoms with Gasteiger partial charge in [0, 0.05) is 17.7 Å². The Morgan fingerprint density at radius 1 is 1.07 bits per heavy atom. The summed E-state index contributed by atoms with van der Waals surface area (Å²) in [5, 5.41) is 14.2. The molecule has 42 heavy (non-hydrogen) atoms. The van der Waals surface area contributed by atoms with Crippen LogP contribution in [0.15, 0.2) is 35.2 Å². The van der Waals surface area contributed by atoms with Gasteiger partial charge in [-0.15, -0.1) is 0 Å². The summed E-state index contributed by atoms with van der Waals surface area (Å²) in [6.07, 6.45) is 3.25. The number of benzene rings is 2. The highest BCUT2D eigenvalue weighted by molar-refractivity contribution is 7.92. The molecule has 2 aromatic carbocycles. The number of hydrogen-bond donors (Lipinski definition) is 3. The van der Waals surface area contributed by atoms with Crippen molar-refractivity contribution in [3.05, 3.63) is 52.7 Å². The molecular weight excluding hydrogens is 550 g/mol. The van der Waals surface area contributed by atoms with Crippen molar-refractivity contribution in [2.75, 3.05) is 30.8 Å². The molecular formula is C31H39N7O3S. The third kappa shape index (κ3) is 5.09. The zero-order valence-corrected chi connectivity index (χ0v) is 25.9. The number of nitrogens with zero attached hydrogens (tertiary/aromatic N) is 4. The molecule has 1 atom stereocenters. The number of fused-ring (bicyclic) bond motifs is 2. The van der Waals surface area contributed by atoms with Crippen molar-refractivity contribution in [3.63, 3.8) is 0 Å². The van der Waals surface area contributed by atoms with Crippen LogP contribution in [0, 0.1) is 13.8 Å². The molecule has 0 radical (unpaired) electrons. The lowest BCUT2D eigenvalue weighted by Gasteiger charge is -2.31. The maximum atomic E-state index is 13.1. The van der Waals surface area contributed by atoms with Gasteiger partial charge in [0.1, 0.15) is 17.7 Å². The molecule has 2 aliphatic rings. The first-order valence-corrected chi connectivity index (χ1v) is 16.2. The van der Waals surface area contributed by atoms with Crippen LogP contribution in [-0.2, 0) is 16.3 Å². The monoisotopic (exact) mass is 589 g/mol. The van der Waals surface area contributed by atoms with Crippen molar-refractivity contribution in [1.82, 2.24) is 25.1 Å². The lowest BCUT2D eigenvalue weighted by Crippen LogP contribution is -2.29. The number of aromatic nitrogens is 4.